The van der Waals surface area contributed by atoms with Crippen LogP contribution in [0.5, 0.6) is 11.5 Å². The predicted molar refractivity (Wildman–Crippen MR) is 183 cm³/mol. The number of ether oxygens (including phenoxy) is 1. The molecule has 0 bridgehead atoms. The quantitative estimate of drug-likeness (QED) is 0.148. The largest absolute Gasteiger partial charge is 0.458 e. The summed E-state index contributed by atoms with van der Waals surface area (Å²) in [4.78, 5) is 10.0. The third kappa shape index (κ3) is 3.78. The number of furan rings is 1. The summed E-state index contributed by atoms with van der Waals surface area (Å²) in [6.07, 6.45) is 5.21. The Bertz CT molecular complexity index is 2870. The van der Waals surface area contributed by atoms with Crippen LogP contribution in [0, 0.1) is 13.3 Å². The molecule has 10 aromatic rings. The number of nitrogens with zero attached hydrogens (tertiary/aromatic N) is 6. The summed E-state index contributed by atoms with van der Waals surface area (Å²) >= 11 is 0. The molecule has 0 aliphatic heterocycles. The highest BCUT2D eigenvalue weighted by atomic mass is 16.5. The van der Waals surface area contributed by atoms with E-state index in [0.29, 0.717) is 5.75 Å². The lowest BCUT2D eigenvalue weighted by atomic mass is 10.2. The first-order valence-electron chi connectivity index (χ1n) is 15.5. The number of rotatable bonds is 4. The van der Waals surface area contributed by atoms with Crippen LogP contribution >= 0.6 is 0 Å². The lowest BCUT2D eigenvalue weighted by Crippen LogP contribution is -2.26. The van der Waals surface area contributed by atoms with Crippen LogP contribution in [0.4, 0.5) is 0 Å². The van der Waals surface area contributed by atoms with Crippen LogP contribution in [-0.2, 0) is 7.05 Å². The summed E-state index contributed by atoms with van der Waals surface area (Å²) in [7, 11) is 2.01. The van der Waals surface area contributed by atoms with Crippen molar-refractivity contribution in [3.8, 4) is 23.0 Å². The summed E-state index contributed by atoms with van der Waals surface area (Å²) in [5.74, 6) is 2.97. The minimum Gasteiger partial charge on any atom is -0.458 e. The maximum absolute atomic E-state index is 6.54. The summed E-state index contributed by atoms with van der Waals surface area (Å²) in [5.41, 5.74) is 9.80. The number of aryl methyl sites for hydroxylation is 2. The van der Waals surface area contributed by atoms with Gasteiger partial charge in [-0.25, -0.2) is 9.97 Å². The van der Waals surface area contributed by atoms with E-state index in [9.17, 15) is 0 Å². The number of fused-ring (bicyclic) bond motifs is 9. The number of para-hydroxylation sites is 4. The fourth-order valence-electron chi connectivity index (χ4n) is 6.84. The first kappa shape index (κ1) is 25.9. The van der Waals surface area contributed by atoms with Gasteiger partial charge in [-0.15, -0.1) is 0 Å². The van der Waals surface area contributed by atoms with E-state index in [2.05, 4.69) is 87.4 Å². The van der Waals surface area contributed by atoms with Gasteiger partial charge in [0.25, 0.3) is 0 Å². The highest BCUT2D eigenvalue weighted by Gasteiger charge is 2.21. The molecule has 8 nitrogen and oxygen atoms in total. The van der Waals surface area contributed by atoms with Gasteiger partial charge in [0.1, 0.15) is 22.9 Å². The van der Waals surface area contributed by atoms with Gasteiger partial charge in [-0.1, -0.05) is 66.7 Å². The molecule has 0 fully saturated rings. The van der Waals surface area contributed by atoms with Crippen LogP contribution in [0.25, 0.3) is 72.3 Å². The van der Waals surface area contributed by atoms with E-state index >= 15 is 0 Å². The lowest BCUT2D eigenvalue weighted by Gasteiger charge is -2.10. The fraction of sp³-hybridized carbons (Fsp3) is 0.0513. The van der Waals surface area contributed by atoms with Crippen molar-refractivity contribution in [1.82, 2.24) is 23.5 Å². The smallest absolute Gasteiger partial charge is 0.244 e. The molecular weight excluding hydrogens is 584 g/mol. The van der Waals surface area contributed by atoms with Crippen molar-refractivity contribution in [3.63, 3.8) is 0 Å². The number of hydrogen-bond acceptors (Lipinski definition) is 4. The second kappa shape index (κ2) is 9.55. The van der Waals surface area contributed by atoms with Gasteiger partial charge >= 0.3 is 0 Å². The number of aromatic nitrogens is 6. The van der Waals surface area contributed by atoms with E-state index in [0.717, 1.165) is 83.6 Å². The van der Waals surface area contributed by atoms with Crippen molar-refractivity contribution in [1.29, 1.82) is 0 Å². The van der Waals surface area contributed by atoms with Gasteiger partial charge in [-0.2, -0.15) is 0 Å². The lowest BCUT2D eigenvalue weighted by molar-refractivity contribution is -0.649. The van der Waals surface area contributed by atoms with Crippen LogP contribution < -0.4 is 9.30 Å². The molecule has 47 heavy (non-hydrogen) atoms. The van der Waals surface area contributed by atoms with Crippen molar-refractivity contribution in [3.05, 3.63) is 133 Å². The molecule has 10 rings (SSSR count). The summed E-state index contributed by atoms with van der Waals surface area (Å²) in [6.45, 7) is 2.09. The van der Waals surface area contributed by atoms with Gasteiger partial charge < -0.3 is 18.3 Å². The van der Waals surface area contributed by atoms with Crippen LogP contribution in [0.15, 0.2) is 126 Å². The maximum Gasteiger partial charge on any atom is 0.244 e. The zero-order valence-corrected chi connectivity index (χ0v) is 25.5. The third-order valence-electron chi connectivity index (χ3n) is 9.02. The molecule has 0 aliphatic carbocycles. The molecule has 0 saturated carbocycles. The van der Waals surface area contributed by atoms with Crippen molar-refractivity contribution < 1.29 is 13.7 Å². The van der Waals surface area contributed by atoms with Crippen molar-refractivity contribution in [2.24, 2.45) is 7.05 Å². The van der Waals surface area contributed by atoms with Gasteiger partial charge in [-0.05, 0) is 55.0 Å². The molecule has 224 valence electrons. The maximum atomic E-state index is 6.54. The molecule has 0 atom stereocenters. The third-order valence-corrected chi connectivity index (χ3v) is 9.02. The highest BCUT2D eigenvalue weighted by molar-refractivity contribution is 6.05. The molecule has 0 saturated heterocycles. The average Bonchev–Trinajstić information content (AvgIpc) is 3.84. The zero-order chi connectivity index (χ0) is 31.2. The average molecular weight is 611 g/mol. The number of benzene rings is 5. The molecule has 0 amide bonds. The number of pyridine rings is 1. The molecular formula is C39H26N6O2. The van der Waals surface area contributed by atoms with E-state index in [1.807, 2.05) is 66.2 Å². The second-order valence-corrected chi connectivity index (χ2v) is 11.9. The molecule has 0 N–H and O–H groups in total. The normalized spacial score (nSPS) is 12.0. The van der Waals surface area contributed by atoms with E-state index in [-0.39, 0.29) is 0 Å². The molecule has 0 spiro atoms. The van der Waals surface area contributed by atoms with Gasteiger partial charge in [0.15, 0.2) is 5.58 Å². The van der Waals surface area contributed by atoms with E-state index in [1.54, 1.807) is 6.20 Å². The van der Waals surface area contributed by atoms with Gasteiger partial charge in [0.2, 0.25) is 12.1 Å². The first-order valence-corrected chi connectivity index (χ1v) is 15.5. The van der Waals surface area contributed by atoms with Crippen molar-refractivity contribution in [2.45, 2.75) is 6.92 Å². The van der Waals surface area contributed by atoms with Gasteiger partial charge in [0.05, 0.1) is 52.0 Å². The van der Waals surface area contributed by atoms with Crippen LogP contribution in [0.1, 0.15) is 5.56 Å². The molecule has 0 radical (unpaired) electrons. The summed E-state index contributed by atoms with van der Waals surface area (Å²) in [5, 5.41) is 2.05. The van der Waals surface area contributed by atoms with Crippen LogP contribution in [0.3, 0.4) is 0 Å². The van der Waals surface area contributed by atoms with Gasteiger partial charge in [0, 0.05) is 16.8 Å². The predicted octanol–water partition coefficient (Wildman–Crippen LogP) is 8.40. The van der Waals surface area contributed by atoms with Crippen molar-refractivity contribution >= 4 is 60.8 Å². The molecule has 8 heteroatoms. The standard InChI is InChI=1S/C39H26N6O2/c1-24-9-7-15-33-38(24)41-39-44(33)32-18-17-27(46-26-11-8-10-25(19-26)43-23-42(2)30-13-4-5-14-31(30)43)20-34(32)45(39)37-21-29-28-12-3-6-16-35(28)47-36(29)22-40-37/h3-22H,1-2H3. The Morgan fingerprint density at radius 3 is 2.51 bits per heavy atom. The Morgan fingerprint density at radius 1 is 0.723 bits per heavy atom. The Morgan fingerprint density at radius 2 is 1.55 bits per heavy atom. The van der Waals surface area contributed by atoms with Crippen LogP contribution in [0.2, 0.25) is 0 Å². The fourth-order valence-corrected chi connectivity index (χ4v) is 6.84. The molecule has 5 heterocycles. The molecule has 5 aromatic heterocycles. The molecule has 5 aromatic carbocycles. The minimum atomic E-state index is 0.707. The number of hydrogen-bond donors (Lipinski definition) is 0. The summed E-state index contributed by atoms with van der Waals surface area (Å²) < 4.78 is 21.0. The van der Waals surface area contributed by atoms with Crippen LogP contribution in [-0.4, -0.2) is 23.5 Å². The zero-order valence-electron chi connectivity index (χ0n) is 25.5. The second-order valence-electron chi connectivity index (χ2n) is 11.9. The molecule has 0 unspecified atom stereocenters. The topological polar surface area (TPSA) is 66.3 Å². The SMILES string of the molecule is Cc1cccc2c1nc1n(-c3cc4c(cn3)oc3ccccc34)c3cc(Oc4cccc(-n5[c-][n+](C)c6ccccc65)c4)ccc3n21. The summed E-state index contributed by atoms with van der Waals surface area (Å²) in [6, 6.07) is 39.0. The van der Waals surface area contributed by atoms with E-state index < -0.39 is 0 Å². The Kier molecular flexibility index (Phi) is 5.25. The van der Waals surface area contributed by atoms with Crippen molar-refractivity contribution in [2.75, 3.05) is 0 Å². The Labute approximate surface area is 267 Å². The van der Waals surface area contributed by atoms with E-state index in [4.69, 9.17) is 19.1 Å². The number of imidazole rings is 3. The Hall–Kier alpha value is -6.41. The molecule has 0 aliphatic rings. The Balaban J connectivity index is 1.15. The van der Waals surface area contributed by atoms with E-state index in [1.165, 1.54) is 0 Å². The minimum absolute atomic E-state index is 0.707. The van der Waals surface area contributed by atoms with Gasteiger partial charge in [-0.3, -0.25) is 8.97 Å². The first-order chi connectivity index (χ1) is 23.1. The highest BCUT2D eigenvalue weighted by Crippen LogP contribution is 2.35. The monoisotopic (exact) mass is 610 g/mol.